The molecule has 0 N–H and O–H groups in total. The van der Waals surface area contributed by atoms with Gasteiger partial charge in [-0.05, 0) is 72.1 Å². The first-order chi connectivity index (χ1) is 15.4. The van der Waals surface area contributed by atoms with E-state index >= 15 is 0 Å². The van der Waals surface area contributed by atoms with E-state index in [1.165, 1.54) is 35.6 Å². The lowest BCUT2D eigenvalue weighted by Gasteiger charge is -2.21. The molecule has 2 aromatic heterocycles. The highest BCUT2D eigenvalue weighted by atomic mass is 79.9. The van der Waals surface area contributed by atoms with Crippen LogP contribution in [-0.4, -0.2) is 21.4 Å². The number of nitrogens with zero attached hydrogens (tertiary/aromatic N) is 1. The molecule has 0 saturated heterocycles. The molecule has 0 bridgehead atoms. The summed E-state index contributed by atoms with van der Waals surface area (Å²) in [5.74, 6) is 0.159. The van der Waals surface area contributed by atoms with Gasteiger partial charge in [0.25, 0.3) is 5.91 Å². The Bertz CT molecular complexity index is 1310. The van der Waals surface area contributed by atoms with E-state index in [9.17, 15) is 13.2 Å². The zero-order valence-electron chi connectivity index (χ0n) is 16.9. The minimum Gasteiger partial charge on any atom is -0.497 e. The number of anilines is 1. The second-order valence-electron chi connectivity index (χ2n) is 6.74. The highest BCUT2D eigenvalue weighted by molar-refractivity contribution is 9.10. The summed E-state index contributed by atoms with van der Waals surface area (Å²) in [5, 5.41) is 1.65. The van der Waals surface area contributed by atoms with Gasteiger partial charge in [-0.2, -0.15) is 0 Å². The Hall–Kier alpha value is -2.88. The van der Waals surface area contributed by atoms with Gasteiger partial charge in [-0.3, -0.25) is 4.79 Å². The predicted octanol–water partition coefficient (Wildman–Crippen LogP) is 5.79. The van der Waals surface area contributed by atoms with E-state index in [1.54, 1.807) is 48.4 Å². The highest BCUT2D eigenvalue weighted by Gasteiger charge is 2.27. The van der Waals surface area contributed by atoms with Gasteiger partial charge in [0, 0.05) is 15.0 Å². The zero-order chi connectivity index (χ0) is 22.7. The van der Waals surface area contributed by atoms with Gasteiger partial charge in [0.1, 0.15) is 5.75 Å². The minimum absolute atomic E-state index is 0.0620. The standard InChI is InChI=1S/C23H18BrNO5S2/c1-29-18-8-6-17(7-9-18)25(15-19-3-2-14-31-19)23(26)21-12-13-22(30-21)32(27,28)20-10-4-16(24)5-11-20/h2-14H,15H2,1H3. The molecule has 0 saturated carbocycles. The molecule has 0 aliphatic carbocycles. The summed E-state index contributed by atoms with van der Waals surface area (Å²) in [5.41, 5.74) is 0.637. The number of ether oxygens (including phenoxy) is 1. The van der Waals surface area contributed by atoms with Crippen molar-refractivity contribution >= 4 is 48.7 Å². The van der Waals surface area contributed by atoms with Crippen molar-refractivity contribution in [3.63, 3.8) is 0 Å². The molecule has 2 heterocycles. The molecule has 0 radical (unpaired) electrons. The number of benzene rings is 2. The van der Waals surface area contributed by atoms with Gasteiger partial charge in [-0.15, -0.1) is 11.3 Å². The summed E-state index contributed by atoms with van der Waals surface area (Å²) in [4.78, 5) is 16.0. The fourth-order valence-corrected chi connectivity index (χ4v) is 5.17. The first kappa shape index (κ1) is 22.3. The van der Waals surface area contributed by atoms with Crippen molar-refractivity contribution in [3.8, 4) is 5.75 Å². The first-order valence-corrected chi connectivity index (χ1v) is 12.6. The van der Waals surface area contributed by atoms with E-state index in [-0.39, 0.29) is 15.7 Å². The number of amides is 1. The fraction of sp³-hybridized carbons (Fsp3) is 0.0870. The Balaban J connectivity index is 1.66. The van der Waals surface area contributed by atoms with Crippen molar-refractivity contribution in [1.29, 1.82) is 0 Å². The van der Waals surface area contributed by atoms with Gasteiger partial charge in [-0.1, -0.05) is 22.0 Å². The van der Waals surface area contributed by atoms with Crippen LogP contribution in [0.2, 0.25) is 0 Å². The van der Waals surface area contributed by atoms with Gasteiger partial charge in [-0.25, -0.2) is 8.42 Å². The lowest BCUT2D eigenvalue weighted by Crippen LogP contribution is -2.29. The van der Waals surface area contributed by atoms with Gasteiger partial charge in [0.05, 0.1) is 18.6 Å². The molecule has 0 aliphatic rings. The molecule has 2 aromatic carbocycles. The number of furan rings is 1. The summed E-state index contributed by atoms with van der Waals surface area (Å²) >= 11 is 4.81. The SMILES string of the molecule is COc1ccc(N(Cc2cccs2)C(=O)c2ccc(S(=O)(=O)c3ccc(Br)cc3)o2)cc1. The number of thiophene rings is 1. The molecule has 0 aliphatic heterocycles. The van der Waals surface area contributed by atoms with E-state index < -0.39 is 15.7 Å². The Morgan fingerprint density at radius 1 is 1.03 bits per heavy atom. The molecule has 4 aromatic rings. The van der Waals surface area contributed by atoms with Crippen molar-refractivity contribution in [1.82, 2.24) is 0 Å². The minimum atomic E-state index is -3.89. The smallest absolute Gasteiger partial charge is 0.294 e. The molecule has 0 atom stereocenters. The Labute approximate surface area is 198 Å². The topological polar surface area (TPSA) is 76.8 Å². The van der Waals surface area contributed by atoms with E-state index in [2.05, 4.69) is 15.9 Å². The molecule has 32 heavy (non-hydrogen) atoms. The lowest BCUT2D eigenvalue weighted by molar-refractivity contribution is 0.0953. The monoisotopic (exact) mass is 531 g/mol. The number of hydrogen-bond donors (Lipinski definition) is 0. The maximum absolute atomic E-state index is 13.4. The van der Waals surface area contributed by atoms with Gasteiger partial charge in [0.15, 0.2) is 5.76 Å². The normalized spacial score (nSPS) is 11.3. The number of methoxy groups -OCH3 is 1. The van der Waals surface area contributed by atoms with Crippen LogP contribution in [0.5, 0.6) is 5.75 Å². The third-order valence-corrected chi connectivity index (χ3v) is 7.74. The van der Waals surface area contributed by atoms with Gasteiger partial charge in [0.2, 0.25) is 14.9 Å². The molecule has 0 fully saturated rings. The lowest BCUT2D eigenvalue weighted by atomic mass is 10.2. The molecule has 9 heteroatoms. The Morgan fingerprint density at radius 2 is 1.75 bits per heavy atom. The summed E-state index contributed by atoms with van der Waals surface area (Å²) < 4.78 is 37.3. The summed E-state index contributed by atoms with van der Waals surface area (Å²) in [7, 11) is -2.32. The molecule has 164 valence electrons. The quantitative estimate of drug-likeness (QED) is 0.301. The van der Waals surface area contributed by atoms with Crippen molar-refractivity contribution in [3.05, 3.63) is 93.3 Å². The second kappa shape index (κ2) is 9.32. The van der Waals surface area contributed by atoms with Crippen LogP contribution in [0.15, 0.2) is 97.1 Å². The number of halogens is 1. The average molecular weight is 532 g/mol. The summed E-state index contributed by atoms with van der Waals surface area (Å²) in [6, 6.07) is 19.8. The molecule has 6 nitrogen and oxygen atoms in total. The molecule has 0 unspecified atom stereocenters. The molecule has 1 amide bonds. The highest BCUT2D eigenvalue weighted by Crippen LogP contribution is 2.28. The Kier molecular flexibility index (Phi) is 6.50. The van der Waals surface area contributed by atoms with Crippen LogP contribution in [-0.2, 0) is 16.4 Å². The number of carbonyl (C=O) groups is 1. The zero-order valence-corrected chi connectivity index (χ0v) is 20.1. The van der Waals surface area contributed by atoms with E-state index in [0.717, 1.165) is 9.35 Å². The molecule has 0 spiro atoms. The number of sulfone groups is 1. The van der Waals surface area contributed by atoms with Crippen molar-refractivity contribution in [2.75, 3.05) is 12.0 Å². The Morgan fingerprint density at radius 3 is 2.38 bits per heavy atom. The van der Waals surface area contributed by atoms with Crippen LogP contribution in [0.25, 0.3) is 0 Å². The van der Waals surface area contributed by atoms with Crippen molar-refractivity contribution in [2.24, 2.45) is 0 Å². The van der Waals surface area contributed by atoms with Crippen LogP contribution < -0.4 is 9.64 Å². The van der Waals surface area contributed by atoms with Crippen LogP contribution >= 0.6 is 27.3 Å². The van der Waals surface area contributed by atoms with Crippen LogP contribution in [0.4, 0.5) is 5.69 Å². The summed E-state index contributed by atoms with van der Waals surface area (Å²) in [6.45, 7) is 0.318. The number of rotatable bonds is 7. The van der Waals surface area contributed by atoms with E-state index in [4.69, 9.17) is 9.15 Å². The van der Waals surface area contributed by atoms with Crippen molar-refractivity contribution < 1.29 is 22.4 Å². The largest absolute Gasteiger partial charge is 0.497 e. The maximum atomic E-state index is 13.4. The average Bonchev–Trinajstić information content (AvgIpc) is 3.50. The number of hydrogen-bond acceptors (Lipinski definition) is 6. The van der Waals surface area contributed by atoms with E-state index in [1.807, 2.05) is 17.5 Å². The molecular formula is C23H18BrNO5S2. The van der Waals surface area contributed by atoms with E-state index in [0.29, 0.717) is 18.0 Å². The van der Waals surface area contributed by atoms with Crippen LogP contribution in [0.1, 0.15) is 15.4 Å². The van der Waals surface area contributed by atoms with Crippen molar-refractivity contribution in [2.45, 2.75) is 16.5 Å². The van der Waals surface area contributed by atoms with Gasteiger partial charge >= 0.3 is 0 Å². The van der Waals surface area contributed by atoms with Crippen LogP contribution in [0.3, 0.4) is 0 Å². The second-order valence-corrected chi connectivity index (χ2v) is 10.6. The third kappa shape index (κ3) is 4.64. The van der Waals surface area contributed by atoms with Crippen LogP contribution in [0, 0.1) is 0 Å². The summed E-state index contributed by atoms with van der Waals surface area (Å²) in [6.07, 6.45) is 0. The number of carbonyl (C=O) groups excluding carboxylic acids is 1. The molecular weight excluding hydrogens is 514 g/mol. The third-order valence-electron chi connectivity index (χ3n) is 4.70. The fourth-order valence-electron chi connectivity index (χ4n) is 3.04. The van der Waals surface area contributed by atoms with Gasteiger partial charge < -0.3 is 14.1 Å². The maximum Gasteiger partial charge on any atom is 0.294 e. The first-order valence-electron chi connectivity index (χ1n) is 9.47. The predicted molar refractivity (Wildman–Crippen MR) is 126 cm³/mol. The molecule has 4 rings (SSSR count).